The molecule has 0 saturated heterocycles. The van der Waals surface area contributed by atoms with Crippen LogP contribution in [0.1, 0.15) is 29.4 Å². The third-order valence-electron chi connectivity index (χ3n) is 3.48. The summed E-state index contributed by atoms with van der Waals surface area (Å²) in [5.74, 6) is 1.02. The van der Waals surface area contributed by atoms with E-state index in [1.165, 1.54) is 11.5 Å². The molecule has 3 rings (SSSR count). The lowest BCUT2D eigenvalue weighted by molar-refractivity contribution is 0.641. The molecule has 2 aromatic heterocycles. The minimum absolute atomic E-state index is 0.0999. The molecule has 2 N–H and O–H groups in total. The molecule has 20 heavy (non-hydrogen) atoms. The minimum Gasteiger partial charge on any atom is -0.328 e. The Bertz CT molecular complexity index is 730. The normalized spacial score (nSPS) is 12.9. The Morgan fingerprint density at radius 2 is 2.15 bits per heavy atom. The molecule has 2 heterocycles. The van der Waals surface area contributed by atoms with Gasteiger partial charge >= 0.3 is 0 Å². The number of hydrogen-bond acceptors (Lipinski definition) is 5. The summed E-state index contributed by atoms with van der Waals surface area (Å²) in [4.78, 5) is 5.75. The Morgan fingerprint density at radius 1 is 1.35 bits per heavy atom. The molecule has 6 heteroatoms. The summed E-state index contributed by atoms with van der Waals surface area (Å²) in [6, 6.07) is 8.08. The highest BCUT2D eigenvalue weighted by Gasteiger charge is 2.17. The quantitative estimate of drug-likeness (QED) is 0.800. The topological polar surface area (TPSA) is 69.6 Å². The van der Waals surface area contributed by atoms with Gasteiger partial charge in [0.05, 0.1) is 21.6 Å². The third-order valence-corrected chi connectivity index (χ3v) is 4.43. The van der Waals surface area contributed by atoms with Gasteiger partial charge in [-0.3, -0.25) is 0 Å². The number of aryl methyl sites for hydroxylation is 2. The van der Waals surface area contributed by atoms with Gasteiger partial charge in [0.2, 0.25) is 0 Å². The second kappa shape index (κ2) is 5.30. The molecule has 0 bridgehead atoms. The molecule has 0 saturated carbocycles. The van der Waals surface area contributed by atoms with E-state index in [0.29, 0.717) is 6.42 Å². The van der Waals surface area contributed by atoms with Crippen molar-refractivity contribution in [3.63, 3.8) is 0 Å². The lowest BCUT2D eigenvalue weighted by atomic mass is 10.1. The van der Waals surface area contributed by atoms with Crippen molar-refractivity contribution in [2.24, 2.45) is 5.73 Å². The van der Waals surface area contributed by atoms with Crippen molar-refractivity contribution in [2.75, 3.05) is 0 Å². The number of para-hydroxylation sites is 2. The zero-order valence-electron chi connectivity index (χ0n) is 11.6. The molecule has 0 spiro atoms. The van der Waals surface area contributed by atoms with Crippen LogP contribution in [0.25, 0.3) is 11.0 Å². The van der Waals surface area contributed by atoms with Crippen LogP contribution in [0, 0.1) is 6.92 Å². The van der Waals surface area contributed by atoms with Crippen molar-refractivity contribution in [3.05, 3.63) is 40.7 Å². The molecule has 0 aliphatic rings. The molecular formula is C14H17N5S. The first-order valence-electron chi connectivity index (χ1n) is 6.69. The van der Waals surface area contributed by atoms with Crippen LogP contribution in [0.2, 0.25) is 0 Å². The molecule has 3 aromatic rings. The summed E-state index contributed by atoms with van der Waals surface area (Å²) in [5.41, 5.74) is 9.40. The molecule has 1 aromatic carbocycles. The van der Waals surface area contributed by atoms with Gasteiger partial charge in [-0.15, -0.1) is 5.10 Å². The van der Waals surface area contributed by atoms with Gasteiger partial charge in [-0.05, 0) is 37.5 Å². The van der Waals surface area contributed by atoms with Gasteiger partial charge in [0, 0.05) is 19.0 Å². The third kappa shape index (κ3) is 2.21. The van der Waals surface area contributed by atoms with Crippen LogP contribution in [0.5, 0.6) is 0 Å². The molecule has 0 aliphatic heterocycles. The predicted molar refractivity (Wildman–Crippen MR) is 80.7 cm³/mol. The number of benzene rings is 1. The van der Waals surface area contributed by atoms with Gasteiger partial charge in [-0.2, -0.15) is 0 Å². The van der Waals surface area contributed by atoms with Crippen LogP contribution in [0.3, 0.4) is 0 Å². The molecule has 0 fully saturated rings. The fourth-order valence-corrected chi connectivity index (χ4v) is 3.14. The lowest BCUT2D eigenvalue weighted by Crippen LogP contribution is -2.16. The Kier molecular flexibility index (Phi) is 3.50. The molecule has 1 atom stereocenters. The van der Waals surface area contributed by atoms with Crippen LogP contribution < -0.4 is 5.73 Å². The number of fused-ring (bicyclic) bond motifs is 1. The molecule has 0 radical (unpaired) electrons. The first kappa shape index (κ1) is 13.2. The molecular weight excluding hydrogens is 270 g/mol. The first-order chi connectivity index (χ1) is 9.70. The van der Waals surface area contributed by atoms with E-state index < -0.39 is 0 Å². The average molecular weight is 287 g/mol. The average Bonchev–Trinajstić information content (AvgIpc) is 3.01. The van der Waals surface area contributed by atoms with Gasteiger partial charge < -0.3 is 10.3 Å². The van der Waals surface area contributed by atoms with Crippen LogP contribution in [0.4, 0.5) is 0 Å². The number of nitrogens with two attached hydrogens (primary N) is 1. The summed E-state index contributed by atoms with van der Waals surface area (Å²) in [7, 11) is 0. The summed E-state index contributed by atoms with van der Waals surface area (Å²) in [5, 5.41) is 4.03. The fourth-order valence-electron chi connectivity index (χ4n) is 2.50. The van der Waals surface area contributed by atoms with Crippen molar-refractivity contribution in [2.45, 2.75) is 32.9 Å². The molecule has 104 valence electrons. The van der Waals surface area contributed by atoms with Gasteiger partial charge in [-0.25, -0.2) is 4.98 Å². The minimum atomic E-state index is -0.0999. The maximum atomic E-state index is 6.29. The second-order valence-electron chi connectivity index (χ2n) is 4.79. The maximum Gasteiger partial charge on any atom is 0.111 e. The van der Waals surface area contributed by atoms with E-state index in [1.54, 1.807) is 0 Å². The number of hydrogen-bond donors (Lipinski definition) is 1. The second-order valence-corrected chi connectivity index (χ2v) is 5.58. The Morgan fingerprint density at radius 3 is 2.85 bits per heavy atom. The van der Waals surface area contributed by atoms with Crippen molar-refractivity contribution < 1.29 is 0 Å². The highest BCUT2D eigenvalue weighted by molar-refractivity contribution is 7.05. The van der Waals surface area contributed by atoms with Gasteiger partial charge in [0.1, 0.15) is 5.82 Å². The smallest absolute Gasteiger partial charge is 0.111 e. The van der Waals surface area contributed by atoms with Crippen LogP contribution in [0.15, 0.2) is 24.3 Å². The Balaban J connectivity index is 1.96. The summed E-state index contributed by atoms with van der Waals surface area (Å²) in [6.45, 7) is 4.96. The predicted octanol–water partition coefficient (Wildman–Crippen LogP) is 2.46. The van der Waals surface area contributed by atoms with Crippen molar-refractivity contribution in [3.8, 4) is 0 Å². The van der Waals surface area contributed by atoms with E-state index >= 15 is 0 Å². The lowest BCUT2D eigenvalue weighted by Gasteiger charge is -2.11. The standard InChI is InChI=1S/C14H17N5S/c1-3-19-12-7-5-4-6-11(12)16-13(19)8-10(15)14-9(2)17-18-20-14/h4-7,10H,3,8,15H2,1-2H3. The van der Waals surface area contributed by atoms with Gasteiger partial charge in [-0.1, -0.05) is 16.6 Å². The first-order valence-corrected chi connectivity index (χ1v) is 7.46. The van der Waals surface area contributed by atoms with Crippen LogP contribution in [-0.2, 0) is 13.0 Å². The molecule has 0 aliphatic carbocycles. The van der Waals surface area contributed by atoms with E-state index in [2.05, 4.69) is 27.1 Å². The van der Waals surface area contributed by atoms with Crippen molar-refractivity contribution in [1.82, 2.24) is 19.1 Å². The number of nitrogens with zero attached hydrogens (tertiary/aromatic N) is 4. The van der Waals surface area contributed by atoms with Crippen LogP contribution >= 0.6 is 11.5 Å². The molecule has 5 nitrogen and oxygen atoms in total. The zero-order chi connectivity index (χ0) is 14.1. The number of rotatable bonds is 4. The number of imidazole rings is 1. The number of aromatic nitrogens is 4. The van der Waals surface area contributed by atoms with Crippen molar-refractivity contribution >= 4 is 22.6 Å². The van der Waals surface area contributed by atoms with E-state index in [4.69, 9.17) is 10.7 Å². The van der Waals surface area contributed by atoms with E-state index in [-0.39, 0.29) is 6.04 Å². The summed E-state index contributed by atoms with van der Waals surface area (Å²) < 4.78 is 6.18. The molecule has 1 unspecified atom stereocenters. The largest absolute Gasteiger partial charge is 0.328 e. The Labute approximate surface area is 121 Å². The summed E-state index contributed by atoms with van der Waals surface area (Å²) in [6.07, 6.45) is 0.702. The zero-order valence-corrected chi connectivity index (χ0v) is 12.4. The molecule has 0 amide bonds. The monoisotopic (exact) mass is 287 g/mol. The van der Waals surface area contributed by atoms with E-state index in [9.17, 15) is 0 Å². The van der Waals surface area contributed by atoms with E-state index in [1.807, 2.05) is 25.1 Å². The summed E-state index contributed by atoms with van der Waals surface area (Å²) >= 11 is 1.37. The van der Waals surface area contributed by atoms with Crippen molar-refractivity contribution in [1.29, 1.82) is 0 Å². The SMILES string of the molecule is CCn1c(CC(N)c2snnc2C)nc2ccccc21. The van der Waals surface area contributed by atoms with Crippen LogP contribution in [-0.4, -0.2) is 19.1 Å². The van der Waals surface area contributed by atoms with Gasteiger partial charge in [0.15, 0.2) is 0 Å². The maximum absolute atomic E-state index is 6.29. The van der Waals surface area contributed by atoms with E-state index in [0.717, 1.165) is 34.0 Å². The highest BCUT2D eigenvalue weighted by Crippen LogP contribution is 2.23. The van der Waals surface area contributed by atoms with Gasteiger partial charge in [0.25, 0.3) is 0 Å². The Hall–Kier alpha value is -1.79. The fraction of sp³-hybridized carbons (Fsp3) is 0.357. The highest BCUT2D eigenvalue weighted by atomic mass is 32.1.